The molecular weight excluding hydrogens is 406 g/mol. The molecule has 4 atom stereocenters. The van der Waals surface area contributed by atoms with Gasteiger partial charge in [-0.1, -0.05) is 6.07 Å². The summed E-state index contributed by atoms with van der Waals surface area (Å²) < 4.78 is 5.88. The van der Waals surface area contributed by atoms with Gasteiger partial charge in [-0.15, -0.1) is 0 Å². The molecule has 0 aromatic carbocycles. The molecule has 0 bridgehead atoms. The summed E-state index contributed by atoms with van der Waals surface area (Å²) in [6.45, 7) is 3.01. The van der Waals surface area contributed by atoms with Crippen molar-refractivity contribution in [2.75, 3.05) is 49.5 Å². The van der Waals surface area contributed by atoms with Crippen LogP contribution >= 0.6 is 11.3 Å². The van der Waals surface area contributed by atoms with E-state index in [2.05, 4.69) is 25.4 Å². The summed E-state index contributed by atoms with van der Waals surface area (Å²) in [6.07, 6.45) is -0.101. The van der Waals surface area contributed by atoms with Crippen molar-refractivity contribution in [3.8, 4) is 0 Å². The second-order valence-electron chi connectivity index (χ2n) is 7.43. The second kappa shape index (κ2) is 9.71. The minimum atomic E-state index is -0.817. The topological polar surface area (TPSA) is 110 Å². The monoisotopic (exact) mass is 433 g/mol. The number of urea groups is 1. The maximum absolute atomic E-state index is 12.2. The number of aromatic nitrogens is 1. The lowest BCUT2D eigenvalue weighted by molar-refractivity contribution is -0.0205. The van der Waals surface area contributed by atoms with E-state index < -0.39 is 18.3 Å². The van der Waals surface area contributed by atoms with Gasteiger partial charge in [0.05, 0.1) is 24.4 Å². The summed E-state index contributed by atoms with van der Waals surface area (Å²) in [4.78, 5) is 21.0. The molecule has 2 fully saturated rings. The molecule has 4 N–H and O–H groups in total. The smallest absolute Gasteiger partial charge is 0.319 e. The van der Waals surface area contributed by atoms with Crippen molar-refractivity contribution in [1.29, 1.82) is 0 Å². The number of carbonyl (C=O) groups is 1. The van der Waals surface area contributed by atoms with E-state index in [1.165, 1.54) is 11.3 Å². The number of ether oxygens (including phenoxy) is 1. The molecule has 2 saturated heterocycles. The maximum Gasteiger partial charge on any atom is 0.319 e. The SMILES string of the molecule is O=C(NC[C@H]1O[C@@H](CO)[C@@H](O)[C@H]1N1CCN(c2ccccn2)CC1)Nc1ccsc1. The van der Waals surface area contributed by atoms with Crippen LogP contribution in [0.15, 0.2) is 41.2 Å². The highest BCUT2D eigenvalue weighted by atomic mass is 32.1. The Balaban J connectivity index is 1.35. The molecule has 2 aromatic heterocycles. The van der Waals surface area contributed by atoms with Crippen LogP contribution in [0.3, 0.4) is 0 Å². The molecule has 2 aromatic rings. The van der Waals surface area contributed by atoms with Crippen molar-refractivity contribution < 1.29 is 19.7 Å². The van der Waals surface area contributed by atoms with Gasteiger partial charge in [0.1, 0.15) is 18.0 Å². The molecule has 2 aliphatic rings. The van der Waals surface area contributed by atoms with E-state index in [-0.39, 0.29) is 25.2 Å². The van der Waals surface area contributed by atoms with Crippen molar-refractivity contribution in [2.24, 2.45) is 0 Å². The first-order valence-electron chi connectivity index (χ1n) is 10.1. The maximum atomic E-state index is 12.2. The van der Waals surface area contributed by atoms with Gasteiger partial charge < -0.3 is 30.5 Å². The lowest BCUT2D eigenvalue weighted by Gasteiger charge is -2.40. The third kappa shape index (κ3) is 4.73. The van der Waals surface area contributed by atoms with E-state index >= 15 is 0 Å². The van der Waals surface area contributed by atoms with Crippen molar-refractivity contribution in [3.63, 3.8) is 0 Å². The number of aliphatic hydroxyl groups is 2. The number of nitrogens with zero attached hydrogens (tertiary/aromatic N) is 3. The number of hydrogen-bond donors (Lipinski definition) is 4. The van der Waals surface area contributed by atoms with Gasteiger partial charge in [-0.25, -0.2) is 9.78 Å². The zero-order chi connectivity index (χ0) is 20.9. The van der Waals surface area contributed by atoms with Crippen molar-refractivity contribution in [2.45, 2.75) is 24.4 Å². The van der Waals surface area contributed by atoms with Crippen molar-refractivity contribution in [1.82, 2.24) is 15.2 Å². The van der Waals surface area contributed by atoms with Crippen LogP contribution in [-0.4, -0.2) is 89.8 Å². The minimum Gasteiger partial charge on any atom is -0.394 e. The molecule has 0 saturated carbocycles. The Kier molecular flexibility index (Phi) is 6.80. The first-order valence-corrected chi connectivity index (χ1v) is 11.0. The number of carbonyl (C=O) groups excluding carboxylic acids is 1. The lowest BCUT2D eigenvalue weighted by atomic mass is 10.0. The van der Waals surface area contributed by atoms with E-state index in [0.717, 1.165) is 37.7 Å². The van der Waals surface area contributed by atoms with Crippen LogP contribution in [0.25, 0.3) is 0 Å². The molecule has 10 heteroatoms. The molecule has 0 spiro atoms. The van der Waals surface area contributed by atoms with Crippen LogP contribution in [0.4, 0.5) is 16.3 Å². The summed E-state index contributed by atoms with van der Waals surface area (Å²) in [7, 11) is 0. The Labute approximate surface area is 179 Å². The molecule has 30 heavy (non-hydrogen) atoms. The van der Waals surface area contributed by atoms with Gasteiger partial charge in [-0.3, -0.25) is 4.90 Å². The number of pyridine rings is 1. The van der Waals surface area contributed by atoms with Crippen molar-refractivity contribution >= 4 is 28.9 Å². The molecule has 162 valence electrons. The fraction of sp³-hybridized carbons (Fsp3) is 0.500. The summed E-state index contributed by atoms with van der Waals surface area (Å²) in [5.41, 5.74) is 0.736. The van der Waals surface area contributed by atoms with Crippen LogP contribution in [0, 0.1) is 0 Å². The van der Waals surface area contributed by atoms with Gasteiger partial charge >= 0.3 is 6.03 Å². The van der Waals surface area contributed by atoms with E-state index in [4.69, 9.17) is 4.74 Å². The summed E-state index contributed by atoms with van der Waals surface area (Å²) in [6, 6.07) is 7.06. The van der Waals surface area contributed by atoms with Crippen LogP contribution in [0.1, 0.15) is 0 Å². The molecule has 2 amide bonds. The van der Waals surface area contributed by atoms with Crippen LogP contribution in [0.5, 0.6) is 0 Å². The van der Waals surface area contributed by atoms with Gasteiger partial charge in [0, 0.05) is 44.3 Å². The van der Waals surface area contributed by atoms with Crippen molar-refractivity contribution in [3.05, 3.63) is 41.2 Å². The average Bonchev–Trinajstić information content (AvgIpc) is 3.40. The number of rotatable bonds is 6. The predicted molar refractivity (Wildman–Crippen MR) is 115 cm³/mol. The van der Waals surface area contributed by atoms with Gasteiger partial charge in [0.25, 0.3) is 0 Å². The Morgan fingerprint density at radius 2 is 2.07 bits per heavy atom. The van der Waals surface area contributed by atoms with Crippen LogP contribution in [-0.2, 0) is 4.74 Å². The summed E-state index contributed by atoms with van der Waals surface area (Å²) in [5.74, 6) is 0.942. The number of thiophene rings is 1. The highest BCUT2D eigenvalue weighted by Gasteiger charge is 2.46. The normalized spacial score (nSPS) is 27.2. The number of anilines is 2. The Morgan fingerprint density at radius 1 is 1.23 bits per heavy atom. The zero-order valence-corrected chi connectivity index (χ0v) is 17.4. The first kappa shape index (κ1) is 21.0. The Morgan fingerprint density at radius 3 is 2.73 bits per heavy atom. The standard InChI is InChI=1S/C20H27N5O4S/c26-12-16-19(27)18(15(29-16)11-22-20(28)23-14-4-10-30-13-14)25-8-6-24(7-9-25)17-3-1-2-5-21-17/h1-5,10,13,15-16,18-19,26-27H,6-9,11-12H2,(H2,22,23,28)/t15-,16+,18+,19-/m1/s1. The lowest BCUT2D eigenvalue weighted by Crippen LogP contribution is -2.57. The fourth-order valence-electron chi connectivity index (χ4n) is 4.09. The molecule has 2 aliphatic heterocycles. The highest BCUT2D eigenvalue weighted by molar-refractivity contribution is 7.08. The molecule has 4 heterocycles. The summed E-state index contributed by atoms with van der Waals surface area (Å²) >= 11 is 1.50. The number of piperazine rings is 1. The molecular formula is C20H27N5O4S. The van der Waals surface area contributed by atoms with Crippen LogP contribution in [0.2, 0.25) is 0 Å². The molecule has 0 aliphatic carbocycles. The van der Waals surface area contributed by atoms with Gasteiger partial charge in [-0.2, -0.15) is 11.3 Å². The largest absolute Gasteiger partial charge is 0.394 e. The Bertz CT molecular complexity index is 801. The predicted octanol–water partition coefficient (Wildman–Crippen LogP) is 0.576. The van der Waals surface area contributed by atoms with Gasteiger partial charge in [0.15, 0.2) is 0 Å². The Hall–Kier alpha value is -2.24. The van der Waals surface area contributed by atoms with Gasteiger partial charge in [0.2, 0.25) is 0 Å². The molecule has 0 radical (unpaired) electrons. The van der Waals surface area contributed by atoms with Gasteiger partial charge in [-0.05, 0) is 23.6 Å². The second-order valence-corrected chi connectivity index (χ2v) is 8.21. The average molecular weight is 434 g/mol. The minimum absolute atomic E-state index is 0.245. The number of nitrogens with one attached hydrogen (secondary N) is 2. The molecule has 4 rings (SSSR count). The van der Waals surface area contributed by atoms with E-state index in [9.17, 15) is 15.0 Å². The van der Waals surface area contributed by atoms with E-state index in [1.54, 1.807) is 6.20 Å². The molecule has 9 nitrogen and oxygen atoms in total. The third-order valence-corrected chi connectivity index (χ3v) is 6.28. The number of hydrogen-bond acceptors (Lipinski definition) is 8. The third-order valence-electron chi connectivity index (χ3n) is 5.59. The highest BCUT2D eigenvalue weighted by Crippen LogP contribution is 2.27. The molecule has 0 unspecified atom stereocenters. The number of amides is 2. The summed E-state index contributed by atoms with van der Waals surface area (Å²) in [5, 5.41) is 29.7. The quantitative estimate of drug-likeness (QED) is 0.527. The fourth-order valence-corrected chi connectivity index (χ4v) is 4.68. The zero-order valence-electron chi connectivity index (χ0n) is 16.6. The first-order chi connectivity index (χ1) is 14.7. The van der Waals surface area contributed by atoms with E-state index in [1.807, 2.05) is 35.0 Å². The van der Waals surface area contributed by atoms with E-state index in [0.29, 0.717) is 0 Å². The number of aliphatic hydroxyl groups excluding tert-OH is 2. The van der Waals surface area contributed by atoms with Crippen LogP contribution < -0.4 is 15.5 Å².